The SMILES string of the molecule is O=C(O)CCc1ccc(-c2c(O)ccc3[nH]c(=O)c4sccc4c23)cc1. The maximum absolute atomic E-state index is 12.2. The molecule has 130 valence electrons. The second-order valence-electron chi connectivity index (χ2n) is 6.09. The molecule has 2 heterocycles. The average Bonchev–Trinajstić information content (AvgIpc) is 3.12. The van der Waals surface area contributed by atoms with Crippen molar-refractivity contribution >= 4 is 38.3 Å². The molecule has 0 spiro atoms. The number of phenolic OH excluding ortho intramolecular Hbond substituents is 1. The van der Waals surface area contributed by atoms with Crippen LogP contribution in [0.2, 0.25) is 0 Å². The standard InChI is InChI=1S/C20H15NO4S/c22-15-7-6-14-18(13-9-10-26-19(13)20(25)21-14)17(15)12-4-1-11(2-5-12)3-8-16(23)24/h1-2,4-7,9-10,22H,3,8H2,(H,21,25)(H,23,24). The topological polar surface area (TPSA) is 90.4 Å². The molecule has 0 radical (unpaired) electrons. The quantitative estimate of drug-likeness (QED) is 0.507. The van der Waals surface area contributed by atoms with E-state index < -0.39 is 5.97 Å². The number of aromatic nitrogens is 1. The highest BCUT2D eigenvalue weighted by molar-refractivity contribution is 7.17. The van der Waals surface area contributed by atoms with E-state index in [1.54, 1.807) is 12.1 Å². The highest BCUT2D eigenvalue weighted by atomic mass is 32.1. The fraction of sp³-hybridized carbons (Fsp3) is 0.100. The van der Waals surface area contributed by atoms with Gasteiger partial charge >= 0.3 is 5.97 Å². The minimum absolute atomic E-state index is 0.0790. The molecule has 3 N–H and O–H groups in total. The van der Waals surface area contributed by atoms with Crippen molar-refractivity contribution in [3.8, 4) is 16.9 Å². The second-order valence-corrected chi connectivity index (χ2v) is 7.01. The van der Waals surface area contributed by atoms with E-state index in [2.05, 4.69) is 4.98 Å². The lowest BCUT2D eigenvalue weighted by molar-refractivity contribution is -0.136. The summed E-state index contributed by atoms with van der Waals surface area (Å²) < 4.78 is 0.627. The zero-order valence-electron chi connectivity index (χ0n) is 13.7. The zero-order valence-corrected chi connectivity index (χ0v) is 14.5. The minimum atomic E-state index is -0.829. The van der Waals surface area contributed by atoms with Gasteiger partial charge in [-0.1, -0.05) is 24.3 Å². The third-order valence-electron chi connectivity index (χ3n) is 4.44. The Labute approximate surface area is 152 Å². The van der Waals surface area contributed by atoms with Gasteiger partial charge < -0.3 is 15.2 Å². The van der Waals surface area contributed by atoms with E-state index in [-0.39, 0.29) is 17.7 Å². The van der Waals surface area contributed by atoms with Crippen molar-refractivity contribution in [1.82, 2.24) is 4.98 Å². The van der Waals surface area contributed by atoms with E-state index in [0.29, 0.717) is 22.2 Å². The van der Waals surface area contributed by atoms with Crippen LogP contribution < -0.4 is 5.56 Å². The predicted octanol–water partition coefficient (Wildman–Crippen LogP) is 4.13. The number of phenols is 1. The Kier molecular flexibility index (Phi) is 3.97. The molecule has 0 aliphatic rings. The third-order valence-corrected chi connectivity index (χ3v) is 5.36. The van der Waals surface area contributed by atoms with Gasteiger partial charge in [0.1, 0.15) is 10.4 Å². The number of aromatic hydroxyl groups is 1. The van der Waals surface area contributed by atoms with Gasteiger partial charge in [0, 0.05) is 28.3 Å². The number of hydrogen-bond acceptors (Lipinski definition) is 4. The highest BCUT2D eigenvalue weighted by Gasteiger charge is 2.15. The Balaban J connectivity index is 1.91. The Morgan fingerprint density at radius 1 is 1.08 bits per heavy atom. The molecule has 26 heavy (non-hydrogen) atoms. The van der Waals surface area contributed by atoms with Crippen molar-refractivity contribution in [3.05, 3.63) is 63.8 Å². The molecule has 0 amide bonds. The van der Waals surface area contributed by atoms with Gasteiger partial charge in [0.15, 0.2) is 0 Å². The summed E-state index contributed by atoms with van der Waals surface area (Å²) in [5.74, 6) is -0.695. The molecule has 6 heteroatoms. The first-order chi connectivity index (χ1) is 12.5. The van der Waals surface area contributed by atoms with Crippen LogP contribution in [0.1, 0.15) is 12.0 Å². The normalized spacial score (nSPS) is 11.2. The molecule has 0 atom stereocenters. The van der Waals surface area contributed by atoms with Crippen molar-refractivity contribution < 1.29 is 15.0 Å². The van der Waals surface area contributed by atoms with E-state index in [1.807, 2.05) is 35.7 Å². The molecule has 4 rings (SSSR count). The Morgan fingerprint density at radius 2 is 1.85 bits per heavy atom. The number of pyridine rings is 1. The minimum Gasteiger partial charge on any atom is -0.507 e. The number of nitrogens with one attached hydrogen (secondary N) is 1. The number of thiophene rings is 1. The van der Waals surface area contributed by atoms with Gasteiger partial charge in [-0.25, -0.2) is 0 Å². The number of aromatic amines is 1. The summed E-state index contributed by atoms with van der Waals surface area (Å²) in [5, 5.41) is 22.8. The van der Waals surface area contributed by atoms with E-state index in [4.69, 9.17) is 5.11 Å². The lowest BCUT2D eigenvalue weighted by Crippen LogP contribution is -2.04. The van der Waals surface area contributed by atoms with Crippen LogP contribution in [0.5, 0.6) is 5.75 Å². The van der Waals surface area contributed by atoms with E-state index in [9.17, 15) is 14.7 Å². The highest BCUT2D eigenvalue weighted by Crippen LogP contribution is 2.39. The van der Waals surface area contributed by atoms with E-state index in [1.165, 1.54) is 11.3 Å². The number of aryl methyl sites for hydroxylation is 1. The fourth-order valence-corrected chi connectivity index (χ4v) is 4.01. The number of carbonyl (C=O) groups is 1. The van der Waals surface area contributed by atoms with Crippen LogP contribution in [0.3, 0.4) is 0 Å². The summed E-state index contributed by atoms with van der Waals surface area (Å²) in [6.45, 7) is 0. The third kappa shape index (κ3) is 2.74. The molecular weight excluding hydrogens is 350 g/mol. The van der Waals surface area contributed by atoms with Crippen LogP contribution in [0.4, 0.5) is 0 Å². The summed E-state index contributed by atoms with van der Waals surface area (Å²) in [5.41, 5.74) is 2.93. The molecule has 4 aromatic rings. The molecule has 0 aliphatic heterocycles. The van der Waals surface area contributed by atoms with Crippen LogP contribution in [0.25, 0.3) is 32.1 Å². The zero-order chi connectivity index (χ0) is 18.3. The first-order valence-electron chi connectivity index (χ1n) is 8.11. The Hall–Kier alpha value is -3.12. The van der Waals surface area contributed by atoms with Gasteiger partial charge in [0.25, 0.3) is 5.56 Å². The number of fused-ring (bicyclic) bond motifs is 3. The molecule has 0 saturated heterocycles. The van der Waals surface area contributed by atoms with Crippen LogP contribution >= 0.6 is 11.3 Å². The van der Waals surface area contributed by atoms with Gasteiger partial charge in [-0.3, -0.25) is 9.59 Å². The Morgan fingerprint density at radius 3 is 2.58 bits per heavy atom. The number of carboxylic acids is 1. The summed E-state index contributed by atoms with van der Waals surface area (Å²) in [7, 11) is 0. The largest absolute Gasteiger partial charge is 0.507 e. The number of benzene rings is 2. The van der Waals surface area contributed by atoms with Gasteiger partial charge in [0.2, 0.25) is 0 Å². The van der Waals surface area contributed by atoms with Gasteiger partial charge in [0.05, 0.1) is 0 Å². The maximum Gasteiger partial charge on any atom is 0.303 e. The summed E-state index contributed by atoms with van der Waals surface area (Å²) in [4.78, 5) is 25.8. The summed E-state index contributed by atoms with van der Waals surface area (Å²) in [6.07, 6.45) is 0.537. The van der Waals surface area contributed by atoms with Gasteiger partial charge in [-0.05, 0) is 41.1 Å². The lowest BCUT2D eigenvalue weighted by atomic mass is 9.96. The number of hydrogen-bond donors (Lipinski definition) is 3. The predicted molar refractivity (Wildman–Crippen MR) is 103 cm³/mol. The van der Waals surface area contributed by atoms with Crippen LogP contribution in [-0.4, -0.2) is 21.2 Å². The number of rotatable bonds is 4. The van der Waals surface area contributed by atoms with Crippen molar-refractivity contribution in [2.45, 2.75) is 12.8 Å². The average molecular weight is 365 g/mol. The molecule has 2 aromatic carbocycles. The lowest BCUT2D eigenvalue weighted by Gasteiger charge is -2.11. The van der Waals surface area contributed by atoms with Crippen LogP contribution in [-0.2, 0) is 11.2 Å². The summed E-state index contributed by atoms with van der Waals surface area (Å²) >= 11 is 1.37. The molecule has 0 unspecified atom stereocenters. The van der Waals surface area contributed by atoms with Gasteiger partial charge in [-0.2, -0.15) is 0 Å². The Bertz CT molecular complexity index is 1190. The second kappa shape index (κ2) is 6.31. The van der Waals surface area contributed by atoms with Crippen molar-refractivity contribution in [1.29, 1.82) is 0 Å². The molecule has 0 fully saturated rings. The van der Waals surface area contributed by atoms with Crippen LogP contribution in [0, 0.1) is 0 Å². The molecule has 5 nitrogen and oxygen atoms in total. The fourth-order valence-electron chi connectivity index (χ4n) is 3.22. The van der Waals surface area contributed by atoms with Gasteiger partial charge in [-0.15, -0.1) is 11.3 Å². The monoisotopic (exact) mass is 365 g/mol. The molecule has 0 aliphatic carbocycles. The first-order valence-corrected chi connectivity index (χ1v) is 8.99. The number of H-pyrrole nitrogens is 1. The van der Waals surface area contributed by atoms with E-state index >= 15 is 0 Å². The van der Waals surface area contributed by atoms with Crippen molar-refractivity contribution in [3.63, 3.8) is 0 Å². The summed E-state index contributed by atoms with van der Waals surface area (Å²) in [6, 6.07) is 12.6. The number of aliphatic carboxylic acids is 1. The molecule has 2 aromatic heterocycles. The van der Waals surface area contributed by atoms with Crippen molar-refractivity contribution in [2.75, 3.05) is 0 Å². The maximum atomic E-state index is 12.2. The molecule has 0 bridgehead atoms. The number of carboxylic acid groups (broad SMARTS) is 1. The van der Waals surface area contributed by atoms with Crippen molar-refractivity contribution in [2.24, 2.45) is 0 Å². The first kappa shape index (κ1) is 16.4. The molecular formula is C20H15NO4S. The molecule has 0 saturated carbocycles. The smallest absolute Gasteiger partial charge is 0.303 e. The van der Waals surface area contributed by atoms with Crippen LogP contribution in [0.15, 0.2) is 52.6 Å². The van der Waals surface area contributed by atoms with E-state index in [0.717, 1.165) is 21.9 Å².